The molecule has 0 saturated carbocycles. The molecule has 0 unspecified atom stereocenters. The van der Waals surface area contributed by atoms with Crippen molar-refractivity contribution in [1.82, 2.24) is 0 Å². The van der Waals surface area contributed by atoms with E-state index < -0.39 is 0 Å². The van der Waals surface area contributed by atoms with Gasteiger partial charge in [-0.25, -0.2) is 0 Å². The molecule has 0 bridgehead atoms. The summed E-state index contributed by atoms with van der Waals surface area (Å²) in [5.41, 5.74) is 1.99. The summed E-state index contributed by atoms with van der Waals surface area (Å²) in [5, 5.41) is 0. The molecule has 0 saturated heterocycles. The zero-order valence-electron chi connectivity index (χ0n) is 8.81. The van der Waals surface area contributed by atoms with E-state index in [-0.39, 0.29) is 0 Å². The fourth-order valence-corrected chi connectivity index (χ4v) is 3.17. The van der Waals surface area contributed by atoms with Gasteiger partial charge in [0.05, 0.1) is 0 Å². The second-order valence-electron chi connectivity index (χ2n) is 5.02. The zero-order valence-corrected chi connectivity index (χ0v) is 9.63. The molecule has 13 heavy (non-hydrogen) atoms. The molecule has 0 amide bonds. The Labute approximate surface area is 85.0 Å². The Morgan fingerprint density at radius 3 is 2.46 bits per heavy atom. The van der Waals surface area contributed by atoms with Crippen LogP contribution in [-0.2, 0) is 18.3 Å². The smallest absolute Gasteiger partial charge is 0.0105 e. The largest absolute Gasteiger partial charge is 0.145 e. The molecule has 1 heterocycles. The zero-order chi connectivity index (χ0) is 9.47. The maximum absolute atomic E-state index is 2.44. The monoisotopic (exact) mass is 194 g/mol. The molecular formula is C12H18S. The van der Waals surface area contributed by atoms with E-state index in [1.165, 1.54) is 25.7 Å². The molecule has 0 radical (unpaired) electrons. The third-order valence-corrected chi connectivity index (χ3v) is 4.40. The van der Waals surface area contributed by atoms with Crippen molar-refractivity contribution in [2.24, 2.45) is 0 Å². The first kappa shape index (κ1) is 9.26. The molecule has 1 aliphatic rings. The van der Waals surface area contributed by atoms with Crippen LogP contribution in [0.5, 0.6) is 0 Å². The van der Waals surface area contributed by atoms with Crippen molar-refractivity contribution < 1.29 is 0 Å². The van der Waals surface area contributed by atoms with Gasteiger partial charge >= 0.3 is 0 Å². The van der Waals surface area contributed by atoms with E-state index in [2.05, 4.69) is 26.8 Å². The molecule has 0 atom stereocenters. The van der Waals surface area contributed by atoms with Gasteiger partial charge in [0.2, 0.25) is 0 Å². The summed E-state index contributed by atoms with van der Waals surface area (Å²) in [4.78, 5) is 3.23. The first-order chi connectivity index (χ1) is 6.07. The van der Waals surface area contributed by atoms with Gasteiger partial charge in [-0.1, -0.05) is 20.8 Å². The van der Waals surface area contributed by atoms with Gasteiger partial charge in [0.25, 0.3) is 0 Å². The van der Waals surface area contributed by atoms with Crippen molar-refractivity contribution >= 4 is 11.3 Å². The van der Waals surface area contributed by atoms with Crippen LogP contribution < -0.4 is 0 Å². The minimum atomic E-state index is 0.349. The molecule has 1 aliphatic carbocycles. The number of aryl methyl sites for hydroxylation is 2. The summed E-state index contributed by atoms with van der Waals surface area (Å²) in [5.74, 6) is 0. The SMILES string of the molecule is CC(C)(C)c1cc2c(s1)CCCC2. The minimum absolute atomic E-state index is 0.349. The van der Waals surface area contributed by atoms with Crippen molar-refractivity contribution in [3.05, 3.63) is 21.4 Å². The maximum Gasteiger partial charge on any atom is 0.0105 e. The van der Waals surface area contributed by atoms with Crippen LogP contribution in [0.3, 0.4) is 0 Å². The summed E-state index contributed by atoms with van der Waals surface area (Å²) in [7, 11) is 0. The number of hydrogen-bond acceptors (Lipinski definition) is 1. The van der Waals surface area contributed by atoms with Gasteiger partial charge in [0.1, 0.15) is 0 Å². The molecular weight excluding hydrogens is 176 g/mol. The van der Waals surface area contributed by atoms with E-state index in [9.17, 15) is 0 Å². The van der Waals surface area contributed by atoms with Gasteiger partial charge in [-0.3, -0.25) is 0 Å². The second kappa shape index (κ2) is 3.13. The Balaban J connectivity index is 2.36. The number of hydrogen-bond donors (Lipinski definition) is 0. The second-order valence-corrected chi connectivity index (χ2v) is 6.15. The molecule has 1 aromatic heterocycles. The van der Waals surface area contributed by atoms with Crippen LogP contribution in [0.15, 0.2) is 6.07 Å². The fraction of sp³-hybridized carbons (Fsp3) is 0.667. The van der Waals surface area contributed by atoms with Crippen LogP contribution in [0.25, 0.3) is 0 Å². The van der Waals surface area contributed by atoms with E-state index in [0.29, 0.717) is 5.41 Å². The summed E-state index contributed by atoms with van der Waals surface area (Å²) in [6.45, 7) is 6.93. The van der Waals surface area contributed by atoms with Gasteiger partial charge in [-0.15, -0.1) is 11.3 Å². The number of thiophene rings is 1. The highest BCUT2D eigenvalue weighted by Gasteiger charge is 2.20. The van der Waals surface area contributed by atoms with Crippen molar-refractivity contribution in [1.29, 1.82) is 0 Å². The van der Waals surface area contributed by atoms with Crippen LogP contribution in [0, 0.1) is 0 Å². The van der Waals surface area contributed by atoms with Gasteiger partial charge in [0, 0.05) is 9.75 Å². The van der Waals surface area contributed by atoms with Gasteiger partial charge < -0.3 is 0 Å². The summed E-state index contributed by atoms with van der Waals surface area (Å²) in [6.07, 6.45) is 5.45. The maximum atomic E-state index is 2.44. The van der Waals surface area contributed by atoms with E-state index >= 15 is 0 Å². The lowest BCUT2D eigenvalue weighted by Crippen LogP contribution is -2.07. The Bertz CT molecular complexity index is 278. The molecule has 2 rings (SSSR count). The molecule has 0 aromatic carbocycles. The van der Waals surface area contributed by atoms with Gasteiger partial charge in [-0.05, 0) is 42.7 Å². The Hall–Kier alpha value is -0.300. The Morgan fingerprint density at radius 1 is 1.15 bits per heavy atom. The number of fused-ring (bicyclic) bond motifs is 1. The predicted molar refractivity (Wildman–Crippen MR) is 59.7 cm³/mol. The molecule has 0 spiro atoms. The Morgan fingerprint density at radius 2 is 1.85 bits per heavy atom. The normalized spacial score (nSPS) is 17.2. The quantitative estimate of drug-likeness (QED) is 0.587. The first-order valence-electron chi connectivity index (χ1n) is 5.19. The van der Waals surface area contributed by atoms with Crippen molar-refractivity contribution in [2.45, 2.75) is 51.9 Å². The standard InChI is InChI=1S/C12H18S/c1-12(2,3)11-8-9-6-4-5-7-10(9)13-11/h8H,4-7H2,1-3H3. The van der Waals surface area contributed by atoms with Gasteiger partial charge in [-0.2, -0.15) is 0 Å². The summed E-state index contributed by atoms with van der Waals surface area (Å²) >= 11 is 2.04. The van der Waals surface area contributed by atoms with Crippen molar-refractivity contribution in [3.8, 4) is 0 Å². The molecule has 1 heteroatoms. The molecule has 1 aromatic rings. The lowest BCUT2D eigenvalue weighted by molar-refractivity contribution is 0.603. The van der Waals surface area contributed by atoms with E-state index in [4.69, 9.17) is 0 Å². The molecule has 0 N–H and O–H groups in total. The predicted octanol–water partition coefficient (Wildman–Crippen LogP) is 3.92. The third kappa shape index (κ3) is 1.80. The van der Waals surface area contributed by atoms with E-state index in [0.717, 1.165) is 0 Å². The van der Waals surface area contributed by atoms with Crippen molar-refractivity contribution in [2.75, 3.05) is 0 Å². The van der Waals surface area contributed by atoms with Crippen LogP contribution in [0.4, 0.5) is 0 Å². The fourth-order valence-electron chi connectivity index (χ4n) is 1.86. The average molecular weight is 194 g/mol. The summed E-state index contributed by atoms with van der Waals surface area (Å²) in [6, 6.07) is 2.44. The van der Waals surface area contributed by atoms with Crippen LogP contribution in [0.2, 0.25) is 0 Å². The third-order valence-electron chi connectivity index (χ3n) is 2.74. The highest BCUT2D eigenvalue weighted by molar-refractivity contribution is 7.12. The molecule has 0 nitrogen and oxygen atoms in total. The molecule has 0 fully saturated rings. The Kier molecular flexibility index (Phi) is 2.23. The molecule has 72 valence electrons. The van der Waals surface area contributed by atoms with Crippen LogP contribution in [0.1, 0.15) is 48.9 Å². The van der Waals surface area contributed by atoms with E-state index in [1.54, 1.807) is 15.3 Å². The first-order valence-corrected chi connectivity index (χ1v) is 6.01. The van der Waals surface area contributed by atoms with Crippen LogP contribution >= 0.6 is 11.3 Å². The summed E-state index contributed by atoms with van der Waals surface area (Å²) < 4.78 is 0. The minimum Gasteiger partial charge on any atom is -0.145 e. The van der Waals surface area contributed by atoms with E-state index in [1.807, 2.05) is 11.3 Å². The van der Waals surface area contributed by atoms with Crippen LogP contribution in [-0.4, -0.2) is 0 Å². The number of rotatable bonds is 0. The van der Waals surface area contributed by atoms with Crippen molar-refractivity contribution in [3.63, 3.8) is 0 Å². The highest BCUT2D eigenvalue weighted by Crippen LogP contribution is 2.35. The topological polar surface area (TPSA) is 0 Å². The lowest BCUT2D eigenvalue weighted by Gasteiger charge is -2.15. The van der Waals surface area contributed by atoms with Gasteiger partial charge in [0.15, 0.2) is 0 Å². The lowest BCUT2D eigenvalue weighted by atomic mass is 9.92. The molecule has 0 aliphatic heterocycles. The highest BCUT2D eigenvalue weighted by atomic mass is 32.1. The average Bonchev–Trinajstić information content (AvgIpc) is 2.45.